The first kappa shape index (κ1) is 22.3. The number of nitrogens with zero attached hydrogens (tertiary/aromatic N) is 3. The van der Waals surface area contributed by atoms with Crippen molar-refractivity contribution in [3.63, 3.8) is 0 Å². The van der Waals surface area contributed by atoms with Crippen molar-refractivity contribution in [3.8, 4) is 22.8 Å². The average molecular weight is 455 g/mol. The number of thioether (sulfide) groups is 1. The molecule has 0 saturated heterocycles. The second-order valence-corrected chi connectivity index (χ2v) is 9.11. The molecule has 0 spiro atoms. The monoisotopic (exact) mass is 454 g/mol. The topological polar surface area (TPSA) is 69.0 Å². The Morgan fingerprint density at radius 3 is 2.59 bits per heavy atom. The molecular formula is C24H27FN4O2S. The van der Waals surface area contributed by atoms with Crippen LogP contribution in [-0.2, 0) is 4.79 Å². The number of amides is 1. The summed E-state index contributed by atoms with van der Waals surface area (Å²) in [5, 5.41) is 11.9. The molecule has 0 bridgehead atoms. The van der Waals surface area contributed by atoms with Crippen LogP contribution >= 0.6 is 11.8 Å². The number of benzene rings is 2. The summed E-state index contributed by atoms with van der Waals surface area (Å²) in [7, 11) is 0. The van der Waals surface area contributed by atoms with Crippen LogP contribution in [0, 0.1) is 5.82 Å². The predicted molar refractivity (Wildman–Crippen MR) is 124 cm³/mol. The van der Waals surface area contributed by atoms with E-state index in [9.17, 15) is 9.18 Å². The molecule has 3 aromatic rings. The van der Waals surface area contributed by atoms with Crippen LogP contribution in [0.15, 0.2) is 53.7 Å². The smallest absolute Gasteiger partial charge is 0.233 e. The van der Waals surface area contributed by atoms with Gasteiger partial charge in [0.1, 0.15) is 11.6 Å². The minimum atomic E-state index is -0.390. The van der Waals surface area contributed by atoms with Crippen LogP contribution in [0.1, 0.15) is 39.5 Å². The Morgan fingerprint density at radius 1 is 1.19 bits per heavy atom. The summed E-state index contributed by atoms with van der Waals surface area (Å²) < 4.78 is 22.0. The van der Waals surface area contributed by atoms with Gasteiger partial charge in [-0.3, -0.25) is 9.36 Å². The van der Waals surface area contributed by atoms with E-state index in [4.69, 9.17) is 4.74 Å². The number of carbonyl (C=O) groups excluding carboxylic acids is 1. The molecule has 0 radical (unpaired) electrons. The number of hydrogen-bond acceptors (Lipinski definition) is 5. The highest BCUT2D eigenvalue weighted by Gasteiger charge is 2.25. The molecule has 0 aliphatic heterocycles. The molecule has 1 fully saturated rings. The van der Waals surface area contributed by atoms with Gasteiger partial charge in [-0.05, 0) is 63.1 Å². The molecule has 1 aliphatic carbocycles. The van der Waals surface area contributed by atoms with Crippen LogP contribution in [0.25, 0.3) is 17.1 Å². The number of halogens is 1. The Labute approximate surface area is 191 Å². The van der Waals surface area contributed by atoms with E-state index in [0.29, 0.717) is 23.3 Å². The minimum absolute atomic E-state index is 0.0346. The normalized spacial score (nSPS) is 15.0. The summed E-state index contributed by atoms with van der Waals surface area (Å²) in [6.45, 7) is 4.34. The van der Waals surface area contributed by atoms with Crippen molar-refractivity contribution in [1.29, 1.82) is 0 Å². The van der Waals surface area contributed by atoms with Gasteiger partial charge in [0.25, 0.3) is 0 Å². The van der Waals surface area contributed by atoms with E-state index in [0.717, 1.165) is 37.0 Å². The van der Waals surface area contributed by atoms with Gasteiger partial charge < -0.3 is 10.1 Å². The first-order valence-electron chi connectivity index (χ1n) is 11.0. The molecule has 1 aliphatic rings. The van der Waals surface area contributed by atoms with E-state index in [-0.39, 0.29) is 17.8 Å². The highest BCUT2D eigenvalue weighted by molar-refractivity contribution is 8.00. The van der Waals surface area contributed by atoms with Crippen molar-refractivity contribution in [3.05, 3.63) is 54.3 Å². The van der Waals surface area contributed by atoms with Crippen molar-refractivity contribution in [2.45, 2.75) is 56.0 Å². The van der Waals surface area contributed by atoms with E-state index < -0.39 is 5.25 Å². The van der Waals surface area contributed by atoms with Gasteiger partial charge in [0.15, 0.2) is 11.0 Å². The molecule has 4 rings (SSSR count). The van der Waals surface area contributed by atoms with Gasteiger partial charge in [-0.2, -0.15) is 0 Å². The SMILES string of the molecule is CCOc1ccc(-c2nnc(SC(C)C(=O)NC3CCCC3)n2-c2ccccc2F)cc1. The van der Waals surface area contributed by atoms with Crippen LogP contribution in [0.2, 0.25) is 0 Å². The average Bonchev–Trinajstić information content (AvgIpc) is 3.45. The van der Waals surface area contributed by atoms with Crippen LogP contribution in [0.5, 0.6) is 5.75 Å². The van der Waals surface area contributed by atoms with Crippen molar-refractivity contribution >= 4 is 17.7 Å². The first-order valence-corrected chi connectivity index (χ1v) is 11.9. The Morgan fingerprint density at radius 2 is 1.91 bits per heavy atom. The van der Waals surface area contributed by atoms with E-state index in [1.165, 1.54) is 17.8 Å². The Hall–Kier alpha value is -2.87. The van der Waals surface area contributed by atoms with Gasteiger partial charge in [-0.1, -0.05) is 36.7 Å². The maximum absolute atomic E-state index is 14.8. The minimum Gasteiger partial charge on any atom is -0.494 e. The lowest BCUT2D eigenvalue weighted by molar-refractivity contribution is -0.120. The predicted octanol–water partition coefficient (Wildman–Crippen LogP) is 5.01. The third kappa shape index (κ3) is 4.96. The van der Waals surface area contributed by atoms with Crippen LogP contribution in [0.4, 0.5) is 4.39 Å². The van der Waals surface area contributed by atoms with Crippen LogP contribution < -0.4 is 10.1 Å². The third-order valence-electron chi connectivity index (χ3n) is 5.50. The summed E-state index contributed by atoms with van der Waals surface area (Å²) in [4.78, 5) is 12.7. The number of nitrogens with one attached hydrogen (secondary N) is 1. The fourth-order valence-electron chi connectivity index (χ4n) is 3.85. The van der Waals surface area contributed by atoms with E-state index in [1.807, 2.05) is 38.1 Å². The second kappa shape index (κ2) is 10.2. The van der Waals surface area contributed by atoms with Gasteiger partial charge in [-0.25, -0.2) is 4.39 Å². The Balaban J connectivity index is 1.65. The summed E-state index contributed by atoms with van der Waals surface area (Å²) >= 11 is 1.28. The standard InChI is InChI=1S/C24H27FN4O2S/c1-3-31-19-14-12-17(13-15-19)22-27-28-24(29(22)21-11-7-6-10-20(21)25)32-16(2)23(30)26-18-8-4-5-9-18/h6-7,10-16,18H,3-5,8-9H2,1-2H3,(H,26,30). The highest BCUT2D eigenvalue weighted by Crippen LogP contribution is 2.32. The zero-order valence-corrected chi connectivity index (χ0v) is 19.1. The number of aromatic nitrogens is 3. The van der Waals surface area contributed by atoms with Crippen LogP contribution in [0.3, 0.4) is 0 Å². The number of rotatable bonds is 8. The molecule has 2 aromatic carbocycles. The summed E-state index contributed by atoms with van der Waals surface area (Å²) in [5.74, 6) is 0.834. The number of para-hydroxylation sites is 1. The number of ether oxygens (including phenoxy) is 1. The van der Waals surface area contributed by atoms with Crippen molar-refractivity contribution < 1.29 is 13.9 Å². The molecule has 8 heteroatoms. The van der Waals surface area contributed by atoms with Crippen LogP contribution in [-0.4, -0.2) is 38.6 Å². The molecule has 1 atom stereocenters. The molecule has 1 aromatic heterocycles. The fraction of sp³-hybridized carbons (Fsp3) is 0.375. The van der Waals surface area contributed by atoms with Gasteiger partial charge >= 0.3 is 0 Å². The molecular weight excluding hydrogens is 427 g/mol. The molecule has 6 nitrogen and oxygen atoms in total. The molecule has 1 heterocycles. The lowest BCUT2D eigenvalue weighted by Crippen LogP contribution is -2.37. The maximum atomic E-state index is 14.8. The van der Waals surface area contributed by atoms with Gasteiger partial charge in [0, 0.05) is 11.6 Å². The lowest BCUT2D eigenvalue weighted by atomic mass is 10.2. The van der Waals surface area contributed by atoms with Gasteiger partial charge in [0.2, 0.25) is 5.91 Å². The van der Waals surface area contributed by atoms with E-state index >= 15 is 0 Å². The highest BCUT2D eigenvalue weighted by atomic mass is 32.2. The summed E-state index contributed by atoms with van der Waals surface area (Å²) in [5.41, 5.74) is 1.12. The zero-order chi connectivity index (χ0) is 22.5. The van der Waals surface area contributed by atoms with Crippen molar-refractivity contribution in [2.24, 2.45) is 0 Å². The summed E-state index contributed by atoms with van der Waals surface area (Å²) in [6.07, 6.45) is 4.35. The molecule has 1 unspecified atom stereocenters. The summed E-state index contributed by atoms with van der Waals surface area (Å²) in [6, 6.07) is 14.2. The number of carbonyl (C=O) groups is 1. The quantitative estimate of drug-likeness (QED) is 0.485. The molecule has 168 valence electrons. The maximum Gasteiger partial charge on any atom is 0.233 e. The van der Waals surface area contributed by atoms with E-state index in [2.05, 4.69) is 15.5 Å². The molecule has 1 N–H and O–H groups in total. The Bertz CT molecular complexity index is 1060. The molecule has 1 amide bonds. The van der Waals surface area contributed by atoms with Crippen molar-refractivity contribution in [1.82, 2.24) is 20.1 Å². The Kier molecular flexibility index (Phi) is 7.09. The van der Waals surface area contributed by atoms with Gasteiger partial charge in [-0.15, -0.1) is 10.2 Å². The zero-order valence-electron chi connectivity index (χ0n) is 18.3. The second-order valence-electron chi connectivity index (χ2n) is 7.80. The van der Waals surface area contributed by atoms with E-state index in [1.54, 1.807) is 22.8 Å². The number of hydrogen-bond donors (Lipinski definition) is 1. The third-order valence-corrected chi connectivity index (χ3v) is 6.55. The molecule has 1 saturated carbocycles. The molecule has 32 heavy (non-hydrogen) atoms. The largest absolute Gasteiger partial charge is 0.494 e. The fourth-order valence-corrected chi connectivity index (χ4v) is 4.72. The van der Waals surface area contributed by atoms with Gasteiger partial charge in [0.05, 0.1) is 17.5 Å². The van der Waals surface area contributed by atoms with Crippen molar-refractivity contribution in [2.75, 3.05) is 6.61 Å². The lowest BCUT2D eigenvalue weighted by Gasteiger charge is -2.17. The first-order chi connectivity index (χ1) is 15.6.